The van der Waals surface area contributed by atoms with Crippen molar-refractivity contribution in [2.75, 3.05) is 10.2 Å². The monoisotopic (exact) mass is 554 g/mol. The maximum absolute atomic E-state index is 13.7. The highest BCUT2D eigenvalue weighted by Crippen LogP contribution is 2.44. The van der Waals surface area contributed by atoms with Crippen LogP contribution in [0.25, 0.3) is 0 Å². The maximum atomic E-state index is 13.7. The van der Waals surface area contributed by atoms with Crippen LogP contribution in [0.2, 0.25) is 0 Å². The van der Waals surface area contributed by atoms with Crippen LogP contribution in [0.3, 0.4) is 0 Å². The predicted octanol–water partition coefficient (Wildman–Crippen LogP) is 8.00. The third-order valence-electron chi connectivity index (χ3n) is 6.48. The number of carbonyl (C=O) groups is 1. The molecule has 166 valence electrons. The Morgan fingerprint density at radius 3 is 2.38 bits per heavy atom. The summed E-state index contributed by atoms with van der Waals surface area (Å²) < 4.78 is 2.04. The minimum Gasteiger partial charge on any atom is -0.377 e. The Balaban J connectivity index is 1.75. The molecule has 0 spiro atoms. The van der Waals surface area contributed by atoms with Crippen molar-refractivity contribution in [3.8, 4) is 0 Å². The molecule has 3 nitrogen and oxygen atoms in total. The first kappa shape index (κ1) is 23.1. The lowest BCUT2D eigenvalue weighted by Gasteiger charge is -2.45. The largest absolute Gasteiger partial charge is 0.377 e. The van der Waals surface area contributed by atoms with Crippen LogP contribution >= 0.6 is 31.9 Å². The molecular formula is C27H28Br2N2O. The van der Waals surface area contributed by atoms with Crippen molar-refractivity contribution in [2.45, 2.75) is 45.7 Å². The van der Waals surface area contributed by atoms with Gasteiger partial charge in [-0.15, -0.1) is 0 Å². The SMILES string of the molecule is CCc1ccc(C(=O)N2c3ccccc3C(Nc3ccc(Br)cc3Br)C(C)C2CC)cc1. The van der Waals surface area contributed by atoms with Crippen molar-refractivity contribution in [3.63, 3.8) is 0 Å². The zero-order chi connectivity index (χ0) is 22.8. The molecule has 0 aliphatic carbocycles. The average molecular weight is 556 g/mol. The fourth-order valence-corrected chi connectivity index (χ4v) is 5.87. The van der Waals surface area contributed by atoms with Gasteiger partial charge >= 0.3 is 0 Å². The van der Waals surface area contributed by atoms with Gasteiger partial charge in [0.1, 0.15) is 0 Å². The number of para-hydroxylation sites is 1. The Hall–Kier alpha value is -2.11. The average Bonchev–Trinajstić information content (AvgIpc) is 2.81. The summed E-state index contributed by atoms with van der Waals surface area (Å²) in [5, 5.41) is 3.76. The number of nitrogens with zero attached hydrogens (tertiary/aromatic N) is 1. The van der Waals surface area contributed by atoms with Crippen LogP contribution in [-0.4, -0.2) is 11.9 Å². The minimum atomic E-state index is 0.0714. The third-order valence-corrected chi connectivity index (χ3v) is 7.63. The van der Waals surface area contributed by atoms with Crippen molar-refractivity contribution in [2.24, 2.45) is 5.92 Å². The van der Waals surface area contributed by atoms with Crippen LogP contribution in [0, 0.1) is 5.92 Å². The second kappa shape index (κ2) is 9.80. The molecule has 0 aromatic heterocycles. The molecule has 3 aromatic carbocycles. The summed E-state index contributed by atoms with van der Waals surface area (Å²) in [5.74, 6) is 0.298. The van der Waals surface area contributed by atoms with E-state index in [-0.39, 0.29) is 23.9 Å². The molecule has 1 amide bonds. The molecule has 0 bridgehead atoms. The van der Waals surface area contributed by atoms with Gasteiger partial charge in [0.25, 0.3) is 5.91 Å². The zero-order valence-electron chi connectivity index (χ0n) is 18.6. The lowest BCUT2D eigenvalue weighted by Crippen LogP contribution is -2.50. The summed E-state index contributed by atoms with van der Waals surface area (Å²) in [7, 11) is 0. The molecule has 1 aliphatic rings. The van der Waals surface area contributed by atoms with Crippen molar-refractivity contribution < 1.29 is 4.79 Å². The fraction of sp³-hybridized carbons (Fsp3) is 0.296. The molecule has 0 radical (unpaired) electrons. The molecule has 1 heterocycles. The lowest BCUT2D eigenvalue weighted by molar-refractivity contribution is 0.0960. The summed E-state index contributed by atoms with van der Waals surface area (Å²) in [6.45, 7) is 6.54. The fourth-order valence-electron chi connectivity index (χ4n) is 4.71. The second-order valence-electron chi connectivity index (χ2n) is 8.37. The van der Waals surface area contributed by atoms with Crippen LogP contribution in [0.4, 0.5) is 11.4 Å². The topological polar surface area (TPSA) is 32.3 Å². The number of hydrogen-bond acceptors (Lipinski definition) is 2. The molecule has 3 atom stereocenters. The van der Waals surface area contributed by atoms with E-state index in [9.17, 15) is 4.79 Å². The molecule has 3 unspecified atom stereocenters. The smallest absolute Gasteiger partial charge is 0.258 e. The number of rotatable bonds is 5. The van der Waals surface area contributed by atoms with E-state index in [1.807, 2.05) is 29.2 Å². The third kappa shape index (κ3) is 4.38. The van der Waals surface area contributed by atoms with E-state index in [4.69, 9.17) is 0 Å². The number of nitrogens with one attached hydrogen (secondary N) is 1. The van der Waals surface area contributed by atoms with Gasteiger partial charge in [-0.25, -0.2) is 0 Å². The number of anilines is 2. The molecule has 5 heteroatoms. The standard InChI is InChI=1S/C27H28Br2N2O/c1-4-18-10-12-19(13-11-18)27(32)31-24(5-2)17(3)26(21-8-6-7-9-25(21)31)30-23-15-14-20(28)16-22(23)29/h6-17,24,26,30H,4-5H2,1-3H3. The van der Waals surface area contributed by atoms with Gasteiger partial charge < -0.3 is 10.2 Å². The van der Waals surface area contributed by atoms with Gasteiger partial charge in [-0.05, 0) is 76.3 Å². The first-order chi connectivity index (χ1) is 15.4. The number of hydrogen-bond donors (Lipinski definition) is 1. The first-order valence-electron chi connectivity index (χ1n) is 11.2. The summed E-state index contributed by atoms with van der Waals surface area (Å²) in [4.78, 5) is 15.7. The van der Waals surface area contributed by atoms with Crippen molar-refractivity contribution in [1.82, 2.24) is 0 Å². The molecule has 0 saturated heterocycles. The molecule has 3 aromatic rings. The number of benzene rings is 3. The molecule has 1 aliphatic heterocycles. The Kier molecular flexibility index (Phi) is 7.06. The first-order valence-corrected chi connectivity index (χ1v) is 12.8. The van der Waals surface area contributed by atoms with Gasteiger partial charge in [0.05, 0.1) is 6.04 Å². The van der Waals surface area contributed by atoms with E-state index in [0.29, 0.717) is 0 Å². The zero-order valence-corrected chi connectivity index (χ0v) is 21.8. The molecule has 0 saturated carbocycles. The quantitative estimate of drug-likeness (QED) is 0.346. The van der Waals surface area contributed by atoms with Gasteiger partial charge in [0.2, 0.25) is 0 Å². The van der Waals surface area contributed by atoms with E-state index in [1.54, 1.807) is 0 Å². The molecular weight excluding hydrogens is 528 g/mol. The normalized spacial score (nSPS) is 20.0. The van der Waals surface area contributed by atoms with E-state index in [0.717, 1.165) is 44.3 Å². The Morgan fingerprint density at radius 1 is 1.00 bits per heavy atom. The summed E-state index contributed by atoms with van der Waals surface area (Å²) >= 11 is 7.22. The van der Waals surface area contributed by atoms with E-state index >= 15 is 0 Å². The number of amides is 1. The highest BCUT2D eigenvalue weighted by Gasteiger charge is 2.40. The van der Waals surface area contributed by atoms with Crippen LogP contribution in [0.15, 0.2) is 75.7 Å². The molecule has 1 N–H and O–H groups in total. The minimum absolute atomic E-state index is 0.0714. The summed E-state index contributed by atoms with van der Waals surface area (Å²) in [6.07, 6.45) is 1.85. The number of aryl methyl sites for hydroxylation is 1. The van der Waals surface area contributed by atoms with Crippen LogP contribution in [0.1, 0.15) is 54.7 Å². The lowest BCUT2D eigenvalue weighted by atomic mass is 9.80. The van der Waals surface area contributed by atoms with Crippen LogP contribution in [0.5, 0.6) is 0 Å². The van der Waals surface area contributed by atoms with Gasteiger partial charge in [-0.3, -0.25) is 4.79 Å². The van der Waals surface area contributed by atoms with Crippen molar-refractivity contribution in [1.29, 1.82) is 0 Å². The van der Waals surface area contributed by atoms with Crippen LogP contribution < -0.4 is 10.2 Å². The van der Waals surface area contributed by atoms with Crippen LogP contribution in [-0.2, 0) is 6.42 Å². The molecule has 0 fully saturated rings. The van der Waals surface area contributed by atoms with E-state index in [2.05, 4.69) is 100 Å². The Labute approximate surface area is 207 Å². The molecule has 32 heavy (non-hydrogen) atoms. The van der Waals surface area contributed by atoms with Gasteiger partial charge in [-0.2, -0.15) is 0 Å². The maximum Gasteiger partial charge on any atom is 0.258 e. The predicted molar refractivity (Wildman–Crippen MR) is 141 cm³/mol. The summed E-state index contributed by atoms with van der Waals surface area (Å²) in [5.41, 5.74) is 5.17. The highest BCUT2D eigenvalue weighted by atomic mass is 79.9. The second-order valence-corrected chi connectivity index (χ2v) is 10.1. The highest BCUT2D eigenvalue weighted by molar-refractivity contribution is 9.11. The van der Waals surface area contributed by atoms with E-state index in [1.165, 1.54) is 5.56 Å². The van der Waals surface area contributed by atoms with Crippen molar-refractivity contribution >= 4 is 49.1 Å². The van der Waals surface area contributed by atoms with Gasteiger partial charge in [-0.1, -0.05) is 67.0 Å². The summed E-state index contributed by atoms with van der Waals surface area (Å²) in [6, 6.07) is 22.7. The number of fused-ring (bicyclic) bond motifs is 1. The van der Waals surface area contributed by atoms with Gasteiger partial charge in [0.15, 0.2) is 0 Å². The number of carbonyl (C=O) groups excluding carboxylic acids is 1. The Morgan fingerprint density at radius 2 is 1.72 bits per heavy atom. The Bertz CT molecular complexity index is 1110. The number of halogens is 2. The van der Waals surface area contributed by atoms with Crippen molar-refractivity contribution in [3.05, 3.63) is 92.4 Å². The van der Waals surface area contributed by atoms with Gasteiger partial charge in [0, 0.05) is 37.8 Å². The molecule has 4 rings (SSSR count). The van der Waals surface area contributed by atoms with E-state index < -0.39 is 0 Å².